The molecule has 26 heavy (non-hydrogen) atoms. The van der Waals surface area contributed by atoms with Gasteiger partial charge in [-0.25, -0.2) is 0 Å². The lowest BCUT2D eigenvalue weighted by molar-refractivity contribution is -0.140. The van der Waals surface area contributed by atoms with Gasteiger partial charge in [0.05, 0.1) is 6.42 Å². The van der Waals surface area contributed by atoms with Crippen LogP contribution in [0.15, 0.2) is 30.5 Å². The molecule has 1 aliphatic rings. The Kier molecular flexibility index (Phi) is 5.08. The Morgan fingerprint density at radius 3 is 2.15 bits per heavy atom. The van der Waals surface area contributed by atoms with Crippen LogP contribution in [0.3, 0.4) is 0 Å². The fourth-order valence-corrected chi connectivity index (χ4v) is 3.61. The molecule has 5 heteroatoms. The van der Waals surface area contributed by atoms with Crippen molar-refractivity contribution in [3.63, 3.8) is 0 Å². The molecule has 0 spiro atoms. The Hall–Kier alpha value is -2.30. The minimum Gasteiger partial charge on any atom is -0.350 e. The molecule has 1 aliphatic heterocycles. The van der Waals surface area contributed by atoms with Crippen LogP contribution in [0.4, 0.5) is 0 Å². The average molecular weight is 355 g/mol. The van der Waals surface area contributed by atoms with E-state index in [1.807, 2.05) is 35.2 Å². The molecule has 2 heterocycles. The third-order valence-corrected chi connectivity index (χ3v) is 4.99. The Balaban J connectivity index is 1.59. The highest BCUT2D eigenvalue weighted by Crippen LogP contribution is 2.22. The summed E-state index contributed by atoms with van der Waals surface area (Å²) in [5.74, 6) is 0.336. The van der Waals surface area contributed by atoms with Crippen molar-refractivity contribution in [2.24, 2.45) is 12.5 Å². The van der Waals surface area contributed by atoms with Crippen LogP contribution in [0.25, 0.3) is 10.9 Å². The number of fused-ring (bicyclic) bond motifs is 1. The molecule has 2 amide bonds. The van der Waals surface area contributed by atoms with Gasteiger partial charge in [-0.2, -0.15) is 0 Å². The number of benzene rings is 1. The van der Waals surface area contributed by atoms with Crippen molar-refractivity contribution in [2.75, 3.05) is 26.2 Å². The van der Waals surface area contributed by atoms with E-state index in [0.717, 1.165) is 16.5 Å². The number of rotatable bonds is 3. The third kappa shape index (κ3) is 4.09. The van der Waals surface area contributed by atoms with Crippen molar-refractivity contribution in [2.45, 2.75) is 33.6 Å². The third-order valence-electron chi connectivity index (χ3n) is 4.99. The fourth-order valence-electron chi connectivity index (χ4n) is 3.61. The predicted octanol–water partition coefficient (Wildman–Crippen LogP) is 2.83. The van der Waals surface area contributed by atoms with E-state index in [4.69, 9.17) is 0 Å². The van der Waals surface area contributed by atoms with Crippen LogP contribution >= 0.6 is 0 Å². The molecule has 0 atom stereocenters. The molecule has 0 N–H and O–H groups in total. The molecule has 0 aliphatic carbocycles. The first-order valence-corrected chi connectivity index (χ1v) is 9.33. The first kappa shape index (κ1) is 18.5. The number of hydrogen-bond acceptors (Lipinski definition) is 2. The van der Waals surface area contributed by atoms with Gasteiger partial charge in [-0.1, -0.05) is 39.0 Å². The fraction of sp³-hybridized carbons (Fsp3) is 0.524. The van der Waals surface area contributed by atoms with E-state index in [1.54, 1.807) is 0 Å². The summed E-state index contributed by atoms with van der Waals surface area (Å²) >= 11 is 0. The molecule has 0 unspecified atom stereocenters. The molecule has 1 saturated heterocycles. The van der Waals surface area contributed by atoms with Gasteiger partial charge in [0, 0.05) is 56.7 Å². The second-order valence-corrected chi connectivity index (χ2v) is 8.46. The summed E-state index contributed by atoms with van der Waals surface area (Å²) in [6.45, 7) is 8.75. The van der Waals surface area contributed by atoms with E-state index in [2.05, 4.69) is 37.5 Å². The maximum atomic E-state index is 12.7. The van der Waals surface area contributed by atoms with Gasteiger partial charge in [-0.15, -0.1) is 0 Å². The molecule has 1 aromatic carbocycles. The SMILES string of the molecule is Cn1cc(CC(=O)N2CCN(C(=O)CC(C)(C)C)CC2)c2ccccc21. The Morgan fingerprint density at radius 1 is 0.962 bits per heavy atom. The van der Waals surface area contributed by atoms with Gasteiger partial charge in [0.1, 0.15) is 0 Å². The Bertz CT molecular complexity index is 808. The second kappa shape index (κ2) is 7.14. The molecule has 1 fully saturated rings. The van der Waals surface area contributed by atoms with Crippen molar-refractivity contribution in [3.8, 4) is 0 Å². The number of aromatic nitrogens is 1. The maximum absolute atomic E-state index is 12.7. The van der Waals surface area contributed by atoms with Gasteiger partial charge in [-0.05, 0) is 17.0 Å². The first-order valence-electron chi connectivity index (χ1n) is 9.33. The second-order valence-electron chi connectivity index (χ2n) is 8.46. The van der Waals surface area contributed by atoms with Crippen molar-refractivity contribution >= 4 is 22.7 Å². The summed E-state index contributed by atoms with van der Waals surface area (Å²) < 4.78 is 2.07. The number of piperazine rings is 1. The molecule has 0 radical (unpaired) electrons. The number of para-hydroxylation sites is 1. The lowest BCUT2D eigenvalue weighted by Crippen LogP contribution is -2.51. The largest absolute Gasteiger partial charge is 0.350 e. The van der Waals surface area contributed by atoms with E-state index < -0.39 is 0 Å². The highest BCUT2D eigenvalue weighted by molar-refractivity contribution is 5.89. The highest BCUT2D eigenvalue weighted by atomic mass is 16.2. The standard InChI is InChI=1S/C21H29N3O2/c1-21(2,3)14-20(26)24-11-9-23(10-12-24)19(25)13-16-15-22(4)18-8-6-5-7-17(16)18/h5-8,15H,9-14H2,1-4H3. The zero-order chi connectivity index (χ0) is 18.9. The molecule has 3 rings (SSSR count). The van der Waals surface area contributed by atoms with Gasteiger partial charge in [0.25, 0.3) is 0 Å². The van der Waals surface area contributed by atoms with Crippen LogP contribution in [-0.2, 0) is 23.1 Å². The quantitative estimate of drug-likeness (QED) is 0.850. The lowest BCUT2D eigenvalue weighted by Gasteiger charge is -2.36. The van der Waals surface area contributed by atoms with E-state index in [0.29, 0.717) is 39.0 Å². The predicted molar refractivity (Wildman–Crippen MR) is 104 cm³/mol. The van der Waals surface area contributed by atoms with Crippen LogP contribution in [-0.4, -0.2) is 52.4 Å². The summed E-state index contributed by atoms with van der Waals surface area (Å²) in [5.41, 5.74) is 2.21. The average Bonchev–Trinajstić information content (AvgIpc) is 2.90. The van der Waals surface area contributed by atoms with Gasteiger partial charge >= 0.3 is 0 Å². The van der Waals surface area contributed by atoms with Crippen molar-refractivity contribution in [3.05, 3.63) is 36.0 Å². The summed E-state index contributed by atoms with van der Waals surface area (Å²) in [7, 11) is 2.01. The van der Waals surface area contributed by atoms with E-state index in [1.165, 1.54) is 0 Å². The number of carbonyl (C=O) groups is 2. The molecule has 140 valence electrons. The minimum atomic E-state index is -0.00158. The van der Waals surface area contributed by atoms with Crippen molar-refractivity contribution in [1.82, 2.24) is 14.4 Å². The van der Waals surface area contributed by atoms with Gasteiger partial charge in [-0.3, -0.25) is 9.59 Å². The minimum absolute atomic E-state index is 0.00158. The van der Waals surface area contributed by atoms with Crippen molar-refractivity contribution < 1.29 is 9.59 Å². The normalized spacial score (nSPS) is 15.5. The zero-order valence-corrected chi connectivity index (χ0v) is 16.3. The molecular weight excluding hydrogens is 326 g/mol. The van der Waals surface area contributed by atoms with Gasteiger partial charge in [0.2, 0.25) is 11.8 Å². The molecule has 0 saturated carbocycles. The van der Waals surface area contributed by atoms with Crippen LogP contribution in [0.2, 0.25) is 0 Å². The van der Waals surface area contributed by atoms with Crippen LogP contribution in [0.5, 0.6) is 0 Å². The molecule has 5 nitrogen and oxygen atoms in total. The summed E-state index contributed by atoms with van der Waals surface area (Å²) in [4.78, 5) is 28.9. The number of aryl methyl sites for hydroxylation is 1. The molecular formula is C21H29N3O2. The van der Waals surface area contributed by atoms with Crippen LogP contribution in [0, 0.1) is 5.41 Å². The highest BCUT2D eigenvalue weighted by Gasteiger charge is 2.27. The van der Waals surface area contributed by atoms with E-state index >= 15 is 0 Å². The topological polar surface area (TPSA) is 45.6 Å². The number of carbonyl (C=O) groups excluding carboxylic acids is 2. The van der Waals surface area contributed by atoms with Crippen LogP contribution in [0.1, 0.15) is 32.8 Å². The van der Waals surface area contributed by atoms with E-state index in [-0.39, 0.29) is 17.2 Å². The number of hydrogen-bond donors (Lipinski definition) is 0. The Labute approximate surface area is 155 Å². The smallest absolute Gasteiger partial charge is 0.227 e. The molecule has 1 aromatic heterocycles. The summed E-state index contributed by atoms with van der Waals surface area (Å²) in [6, 6.07) is 8.17. The van der Waals surface area contributed by atoms with Gasteiger partial charge in [0.15, 0.2) is 0 Å². The summed E-state index contributed by atoms with van der Waals surface area (Å²) in [5, 5.41) is 1.14. The number of nitrogens with zero attached hydrogens (tertiary/aromatic N) is 3. The summed E-state index contributed by atoms with van der Waals surface area (Å²) in [6.07, 6.45) is 3.01. The first-order chi connectivity index (χ1) is 12.2. The molecule has 2 aromatic rings. The maximum Gasteiger partial charge on any atom is 0.227 e. The number of amides is 2. The lowest BCUT2D eigenvalue weighted by atomic mass is 9.91. The van der Waals surface area contributed by atoms with Gasteiger partial charge < -0.3 is 14.4 Å². The van der Waals surface area contributed by atoms with Crippen molar-refractivity contribution in [1.29, 1.82) is 0 Å². The zero-order valence-electron chi connectivity index (χ0n) is 16.3. The van der Waals surface area contributed by atoms with E-state index in [9.17, 15) is 9.59 Å². The monoisotopic (exact) mass is 355 g/mol. The Morgan fingerprint density at radius 2 is 1.54 bits per heavy atom. The molecule has 0 bridgehead atoms. The van der Waals surface area contributed by atoms with Crippen LogP contribution < -0.4 is 0 Å².